The van der Waals surface area contributed by atoms with E-state index in [4.69, 9.17) is 23.2 Å². The highest BCUT2D eigenvalue weighted by Gasteiger charge is 2.19. The number of halogens is 2. The van der Waals surface area contributed by atoms with Crippen molar-refractivity contribution >= 4 is 63.7 Å². The summed E-state index contributed by atoms with van der Waals surface area (Å²) in [7, 11) is 0. The minimum atomic E-state index is -0.345. The number of nitrogens with zero attached hydrogens (tertiary/aromatic N) is 3. The number of aromatic nitrogens is 1. The smallest absolute Gasteiger partial charge is 0.280 e. The van der Waals surface area contributed by atoms with E-state index in [9.17, 15) is 9.90 Å². The SMILES string of the molecule is O=C1N=CN=c2ccc(=Cc3sc(Nc4c(Cl)cc(C5CCCNC5)cc4Cl)nc3O)cc21. The van der Waals surface area contributed by atoms with Crippen molar-refractivity contribution in [1.82, 2.24) is 10.3 Å². The normalized spacial score (nSPS) is 18.2. The Hall–Kier alpha value is -2.78. The van der Waals surface area contributed by atoms with Crippen LogP contribution in [-0.4, -0.2) is 35.4 Å². The number of anilines is 2. The standard InChI is InChI=1S/C23H19Cl2N5O2S/c24-16-8-14(13-2-1-5-26-10-13)9-17(25)20(16)29-23-30-22(32)19(33-23)7-12-3-4-18-15(6-12)21(31)28-11-27-18/h3-4,6-9,11,13,26,32H,1-2,5,10H2,(H,29,30). The summed E-state index contributed by atoms with van der Waals surface area (Å²) >= 11 is 14.3. The number of aliphatic imine (C=N–C) groups is 1. The molecule has 2 aliphatic heterocycles. The number of hydrogen-bond donors (Lipinski definition) is 3. The lowest BCUT2D eigenvalue weighted by atomic mass is 9.91. The zero-order valence-corrected chi connectivity index (χ0v) is 19.6. The van der Waals surface area contributed by atoms with Gasteiger partial charge in [0.2, 0.25) is 5.88 Å². The number of rotatable bonds is 4. The second kappa shape index (κ2) is 9.23. The molecular formula is C23H19Cl2N5O2S. The van der Waals surface area contributed by atoms with Crippen molar-refractivity contribution in [2.45, 2.75) is 18.8 Å². The van der Waals surface area contributed by atoms with E-state index in [-0.39, 0.29) is 11.8 Å². The van der Waals surface area contributed by atoms with Gasteiger partial charge in [-0.3, -0.25) is 4.79 Å². The summed E-state index contributed by atoms with van der Waals surface area (Å²) in [6, 6.07) is 9.12. The first kappa shape index (κ1) is 22.0. The highest BCUT2D eigenvalue weighted by molar-refractivity contribution is 7.16. The van der Waals surface area contributed by atoms with Crippen LogP contribution in [0.1, 0.15) is 39.6 Å². The van der Waals surface area contributed by atoms with Crippen LogP contribution in [0.3, 0.4) is 0 Å². The van der Waals surface area contributed by atoms with E-state index in [1.807, 2.05) is 18.2 Å². The van der Waals surface area contributed by atoms with Crippen LogP contribution < -0.4 is 21.2 Å². The lowest BCUT2D eigenvalue weighted by molar-refractivity contribution is 0.100. The first-order valence-corrected chi connectivity index (χ1v) is 12.0. The Morgan fingerprint density at radius 2 is 2.03 bits per heavy atom. The Kier molecular flexibility index (Phi) is 6.16. The number of benzene rings is 2. The summed E-state index contributed by atoms with van der Waals surface area (Å²) in [5.41, 5.74) is 2.07. The summed E-state index contributed by atoms with van der Waals surface area (Å²) in [5, 5.41) is 19.6. The molecule has 3 aromatic rings. The van der Waals surface area contributed by atoms with Crippen molar-refractivity contribution in [2.24, 2.45) is 9.98 Å². The molecule has 1 atom stereocenters. The van der Waals surface area contributed by atoms with E-state index in [2.05, 4.69) is 25.6 Å². The monoisotopic (exact) mass is 499 g/mol. The predicted octanol–water partition coefficient (Wildman–Crippen LogP) is 4.00. The molecule has 0 radical (unpaired) electrons. The molecule has 0 spiro atoms. The molecule has 0 aliphatic carbocycles. The maximum Gasteiger partial charge on any atom is 0.280 e. The van der Waals surface area contributed by atoms with Crippen molar-refractivity contribution in [3.63, 3.8) is 0 Å². The number of hydrogen-bond acceptors (Lipinski definition) is 7. The molecular weight excluding hydrogens is 481 g/mol. The lowest BCUT2D eigenvalue weighted by Crippen LogP contribution is -2.28. The van der Waals surface area contributed by atoms with E-state index < -0.39 is 0 Å². The zero-order valence-electron chi connectivity index (χ0n) is 17.3. The zero-order chi connectivity index (χ0) is 22.9. The number of piperidine rings is 1. The van der Waals surface area contributed by atoms with Gasteiger partial charge in [-0.05, 0) is 66.4 Å². The third-order valence-corrected chi connectivity index (χ3v) is 7.12. The molecule has 0 bridgehead atoms. The Balaban J connectivity index is 1.41. The average Bonchev–Trinajstić information content (AvgIpc) is 3.16. The first-order valence-electron chi connectivity index (χ1n) is 10.4. The minimum absolute atomic E-state index is 0.133. The van der Waals surface area contributed by atoms with Crippen LogP contribution in [0.5, 0.6) is 5.88 Å². The minimum Gasteiger partial charge on any atom is -0.492 e. The molecule has 10 heteroatoms. The lowest BCUT2D eigenvalue weighted by Gasteiger charge is -2.24. The molecule has 3 N–H and O–H groups in total. The molecule has 3 heterocycles. The van der Waals surface area contributed by atoms with Crippen molar-refractivity contribution in [3.8, 4) is 5.88 Å². The molecule has 1 amide bonds. The Morgan fingerprint density at radius 3 is 2.79 bits per heavy atom. The van der Waals surface area contributed by atoms with E-state index in [0.29, 0.717) is 42.6 Å². The van der Waals surface area contributed by atoms with Gasteiger partial charge >= 0.3 is 0 Å². The van der Waals surface area contributed by atoms with Crippen LogP contribution in [0.4, 0.5) is 10.8 Å². The van der Waals surface area contributed by atoms with Crippen LogP contribution in [-0.2, 0) is 0 Å². The van der Waals surface area contributed by atoms with E-state index in [1.54, 1.807) is 18.2 Å². The molecule has 1 fully saturated rings. The van der Waals surface area contributed by atoms with Crippen LogP contribution >= 0.6 is 34.5 Å². The van der Waals surface area contributed by atoms with Crippen LogP contribution in [0.25, 0.3) is 6.08 Å². The summed E-state index contributed by atoms with van der Waals surface area (Å²) < 4.78 is 0. The number of aromatic hydroxyl groups is 1. The number of thiazole rings is 1. The highest BCUT2D eigenvalue weighted by atomic mass is 35.5. The molecule has 1 unspecified atom stereocenters. The second-order valence-corrected chi connectivity index (χ2v) is 9.68. The Labute approximate surface area is 203 Å². The number of carbonyl (C=O) groups excluding carboxylic acids is 1. The molecule has 168 valence electrons. The van der Waals surface area contributed by atoms with Gasteiger partial charge in [-0.25, -0.2) is 4.99 Å². The summed E-state index contributed by atoms with van der Waals surface area (Å²) in [4.78, 5) is 24.5. The average molecular weight is 500 g/mol. The van der Waals surface area contributed by atoms with Gasteiger partial charge in [0.15, 0.2) is 5.13 Å². The van der Waals surface area contributed by atoms with Crippen LogP contribution in [0.15, 0.2) is 40.3 Å². The third kappa shape index (κ3) is 4.65. The molecule has 5 rings (SSSR count). The molecule has 1 aromatic heterocycles. The van der Waals surface area contributed by atoms with Gasteiger partial charge in [-0.15, -0.1) is 0 Å². The number of nitrogens with one attached hydrogen (secondary N) is 2. The third-order valence-electron chi connectivity index (χ3n) is 5.62. The molecule has 33 heavy (non-hydrogen) atoms. The number of amides is 1. The van der Waals surface area contributed by atoms with Gasteiger partial charge < -0.3 is 15.7 Å². The molecule has 2 aliphatic rings. The maximum absolute atomic E-state index is 12.0. The summed E-state index contributed by atoms with van der Waals surface area (Å²) in [6.45, 7) is 1.95. The number of fused-ring (bicyclic) bond motifs is 1. The fraction of sp³-hybridized carbons (Fsp3) is 0.217. The summed E-state index contributed by atoms with van der Waals surface area (Å²) in [5.74, 6) is -0.0934. The molecule has 0 saturated carbocycles. The van der Waals surface area contributed by atoms with Gasteiger partial charge in [-0.1, -0.05) is 40.6 Å². The van der Waals surface area contributed by atoms with Crippen molar-refractivity contribution in [1.29, 1.82) is 0 Å². The quantitative estimate of drug-likeness (QED) is 0.503. The van der Waals surface area contributed by atoms with Gasteiger partial charge in [0.05, 0.1) is 31.5 Å². The highest BCUT2D eigenvalue weighted by Crippen LogP contribution is 2.39. The first-order chi connectivity index (χ1) is 16.0. The molecule has 2 aromatic carbocycles. The number of carbonyl (C=O) groups is 1. The summed E-state index contributed by atoms with van der Waals surface area (Å²) in [6.07, 6.45) is 5.21. The maximum atomic E-state index is 12.0. The predicted molar refractivity (Wildman–Crippen MR) is 132 cm³/mol. The van der Waals surface area contributed by atoms with E-state index in [1.165, 1.54) is 17.7 Å². The van der Waals surface area contributed by atoms with Crippen LogP contribution in [0.2, 0.25) is 10.0 Å². The molecule has 7 nitrogen and oxygen atoms in total. The second-order valence-electron chi connectivity index (χ2n) is 7.83. The van der Waals surface area contributed by atoms with Crippen molar-refractivity contribution < 1.29 is 9.90 Å². The van der Waals surface area contributed by atoms with Crippen molar-refractivity contribution in [2.75, 3.05) is 18.4 Å². The fourth-order valence-corrected chi connectivity index (χ4v) is 5.38. The van der Waals surface area contributed by atoms with Gasteiger partial charge in [-0.2, -0.15) is 9.98 Å². The largest absolute Gasteiger partial charge is 0.492 e. The van der Waals surface area contributed by atoms with Gasteiger partial charge in [0.1, 0.15) is 6.34 Å². The Morgan fingerprint density at radius 1 is 1.21 bits per heavy atom. The topological polar surface area (TPSA) is 99.0 Å². The van der Waals surface area contributed by atoms with Gasteiger partial charge in [0, 0.05) is 6.54 Å². The molecule has 1 saturated heterocycles. The van der Waals surface area contributed by atoms with Gasteiger partial charge in [0.25, 0.3) is 5.91 Å². The van der Waals surface area contributed by atoms with Crippen LogP contribution in [0, 0.1) is 0 Å². The van der Waals surface area contributed by atoms with Crippen molar-refractivity contribution in [3.05, 3.63) is 67.0 Å². The Bertz CT molecular complexity index is 1370. The van der Waals surface area contributed by atoms with E-state index in [0.717, 1.165) is 36.7 Å². The fourth-order valence-electron chi connectivity index (χ4n) is 3.95. The van der Waals surface area contributed by atoms with E-state index >= 15 is 0 Å².